The summed E-state index contributed by atoms with van der Waals surface area (Å²) in [6, 6.07) is 11.8. The third kappa shape index (κ3) is 2.73. The predicted octanol–water partition coefficient (Wildman–Crippen LogP) is 3.39. The number of benzene rings is 2. The molecule has 2 unspecified atom stereocenters. The fourth-order valence-corrected chi connectivity index (χ4v) is 2.72. The normalized spacial score (nSPS) is 18.2. The molecule has 108 valence electrons. The molecular formula is C16H15ClN2O2. The zero-order chi connectivity index (χ0) is 15.0. The van der Waals surface area contributed by atoms with Crippen LogP contribution < -0.4 is 10.6 Å². The summed E-state index contributed by atoms with van der Waals surface area (Å²) >= 11 is 6.01. The van der Waals surface area contributed by atoms with Crippen LogP contribution in [0.2, 0.25) is 5.02 Å². The minimum absolute atomic E-state index is 0.0854. The van der Waals surface area contributed by atoms with Crippen LogP contribution in [0, 0.1) is 0 Å². The summed E-state index contributed by atoms with van der Waals surface area (Å²) in [6.45, 7) is 1.95. The molecule has 0 fully saturated rings. The van der Waals surface area contributed by atoms with Crippen LogP contribution >= 0.6 is 11.6 Å². The summed E-state index contributed by atoms with van der Waals surface area (Å²) < 4.78 is 0. The van der Waals surface area contributed by atoms with Crippen LogP contribution in [0.4, 0.5) is 5.69 Å². The highest BCUT2D eigenvalue weighted by Crippen LogP contribution is 2.34. The molecule has 4 nitrogen and oxygen atoms in total. The molecule has 3 rings (SSSR count). The predicted molar refractivity (Wildman–Crippen MR) is 82.5 cm³/mol. The summed E-state index contributed by atoms with van der Waals surface area (Å²) in [5.41, 5.74) is 2.54. The summed E-state index contributed by atoms with van der Waals surface area (Å²) in [5.74, 6) is 0.111. The molecule has 2 atom stereocenters. The fourth-order valence-electron chi connectivity index (χ4n) is 2.54. The molecule has 0 aliphatic carbocycles. The van der Waals surface area contributed by atoms with Crippen molar-refractivity contribution >= 4 is 23.2 Å². The topological polar surface area (TPSA) is 61.4 Å². The first-order chi connectivity index (χ1) is 10.0. The second-order valence-corrected chi connectivity index (χ2v) is 5.57. The number of hydrogen-bond donors (Lipinski definition) is 3. The van der Waals surface area contributed by atoms with E-state index in [4.69, 9.17) is 11.6 Å². The Morgan fingerprint density at radius 1 is 1.29 bits per heavy atom. The number of amides is 1. The van der Waals surface area contributed by atoms with Crippen molar-refractivity contribution in [2.24, 2.45) is 0 Å². The molecule has 1 aliphatic rings. The SMILES string of the molecule is CC(NC1C(=O)Nc2ccc(Cl)cc21)c1cccc(O)c1. The minimum Gasteiger partial charge on any atom is -0.508 e. The maximum atomic E-state index is 12.1. The van der Waals surface area contributed by atoms with Crippen LogP contribution in [-0.4, -0.2) is 11.0 Å². The molecule has 0 saturated heterocycles. The summed E-state index contributed by atoms with van der Waals surface area (Å²) in [7, 11) is 0. The van der Waals surface area contributed by atoms with Gasteiger partial charge in [0, 0.05) is 22.3 Å². The Balaban J connectivity index is 1.85. The molecular weight excluding hydrogens is 288 g/mol. The molecule has 0 radical (unpaired) electrons. The molecule has 1 aliphatic heterocycles. The van der Waals surface area contributed by atoms with Gasteiger partial charge < -0.3 is 10.4 Å². The van der Waals surface area contributed by atoms with Crippen molar-refractivity contribution in [3.05, 3.63) is 58.6 Å². The first kappa shape index (κ1) is 13.9. The van der Waals surface area contributed by atoms with E-state index in [1.165, 1.54) is 0 Å². The van der Waals surface area contributed by atoms with E-state index < -0.39 is 6.04 Å². The van der Waals surface area contributed by atoms with Crippen molar-refractivity contribution in [1.29, 1.82) is 0 Å². The van der Waals surface area contributed by atoms with Gasteiger partial charge in [0.15, 0.2) is 0 Å². The Labute approximate surface area is 127 Å². The molecule has 2 aromatic rings. The molecule has 0 spiro atoms. The quantitative estimate of drug-likeness (QED) is 0.814. The Morgan fingerprint density at radius 2 is 2.10 bits per heavy atom. The number of nitrogens with one attached hydrogen (secondary N) is 2. The van der Waals surface area contributed by atoms with E-state index in [-0.39, 0.29) is 17.7 Å². The lowest BCUT2D eigenvalue weighted by Gasteiger charge is -2.19. The Hall–Kier alpha value is -2.04. The van der Waals surface area contributed by atoms with E-state index in [1.807, 2.05) is 13.0 Å². The van der Waals surface area contributed by atoms with Crippen molar-refractivity contribution in [3.8, 4) is 5.75 Å². The first-order valence-electron chi connectivity index (χ1n) is 6.70. The number of fused-ring (bicyclic) bond motifs is 1. The highest BCUT2D eigenvalue weighted by Gasteiger charge is 2.31. The lowest BCUT2D eigenvalue weighted by Crippen LogP contribution is -2.29. The van der Waals surface area contributed by atoms with Gasteiger partial charge in [0.2, 0.25) is 5.91 Å². The van der Waals surface area contributed by atoms with Gasteiger partial charge in [-0.1, -0.05) is 23.7 Å². The average Bonchev–Trinajstić information content (AvgIpc) is 2.75. The van der Waals surface area contributed by atoms with Crippen LogP contribution in [0.3, 0.4) is 0 Å². The van der Waals surface area contributed by atoms with Crippen LogP contribution in [0.15, 0.2) is 42.5 Å². The number of halogens is 1. The third-order valence-electron chi connectivity index (χ3n) is 3.63. The zero-order valence-electron chi connectivity index (χ0n) is 11.4. The monoisotopic (exact) mass is 302 g/mol. The Morgan fingerprint density at radius 3 is 2.86 bits per heavy atom. The number of carbonyl (C=O) groups is 1. The average molecular weight is 303 g/mol. The number of aromatic hydroxyl groups is 1. The third-order valence-corrected chi connectivity index (χ3v) is 3.87. The molecule has 5 heteroatoms. The highest BCUT2D eigenvalue weighted by atomic mass is 35.5. The van der Waals surface area contributed by atoms with Crippen molar-refractivity contribution in [3.63, 3.8) is 0 Å². The minimum atomic E-state index is -0.448. The van der Waals surface area contributed by atoms with E-state index in [9.17, 15) is 9.90 Å². The van der Waals surface area contributed by atoms with Gasteiger partial charge in [0.1, 0.15) is 11.8 Å². The molecule has 0 aromatic heterocycles. The first-order valence-corrected chi connectivity index (χ1v) is 7.07. The number of rotatable bonds is 3. The van der Waals surface area contributed by atoms with Crippen LogP contribution in [0.25, 0.3) is 0 Å². The lowest BCUT2D eigenvalue weighted by molar-refractivity contribution is -0.117. The maximum absolute atomic E-state index is 12.1. The van der Waals surface area contributed by atoms with E-state index in [2.05, 4.69) is 10.6 Å². The van der Waals surface area contributed by atoms with Gasteiger partial charge >= 0.3 is 0 Å². The molecule has 1 amide bonds. The van der Waals surface area contributed by atoms with Crippen molar-refractivity contribution in [2.75, 3.05) is 5.32 Å². The van der Waals surface area contributed by atoms with Crippen LogP contribution in [0.5, 0.6) is 5.75 Å². The molecule has 1 heterocycles. The standard InChI is InChI=1S/C16H15ClN2O2/c1-9(10-3-2-4-12(20)7-10)18-15-13-8-11(17)5-6-14(13)19-16(15)21/h2-9,15,18,20H,1H3,(H,19,21). The number of hydrogen-bond acceptors (Lipinski definition) is 3. The van der Waals surface area contributed by atoms with Crippen molar-refractivity contribution < 1.29 is 9.90 Å². The van der Waals surface area contributed by atoms with Crippen molar-refractivity contribution in [2.45, 2.75) is 19.0 Å². The number of phenols is 1. The number of carbonyl (C=O) groups excluding carboxylic acids is 1. The summed E-state index contributed by atoms with van der Waals surface area (Å²) in [6.07, 6.45) is 0. The molecule has 3 N–H and O–H groups in total. The second kappa shape index (κ2) is 5.39. The molecule has 0 bridgehead atoms. The van der Waals surface area contributed by atoms with E-state index in [0.29, 0.717) is 5.02 Å². The zero-order valence-corrected chi connectivity index (χ0v) is 12.2. The van der Waals surface area contributed by atoms with Gasteiger partial charge in [-0.2, -0.15) is 0 Å². The van der Waals surface area contributed by atoms with Gasteiger partial charge in [-0.05, 0) is 42.8 Å². The van der Waals surface area contributed by atoms with Gasteiger partial charge in [-0.25, -0.2) is 0 Å². The second-order valence-electron chi connectivity index (χ2n) is 5.14. The smallest absolute Gasteiger partial charge is 0.246 e. The van der Waals surface area contributed by atoms with Crippen LogP contribution in [-0.2, 0) is 4.79 Å². The molecule has 21 heavy (non-hydrogen) atoms. The summed E-state index contributed by atoms with van der Waals surface area (Å²) in [4.78, 5) is 12.1. The largest absolute Gasteiger partial charge is 0.508 e. The fraction of sp³-hybridized carbons (Fsp3) is 0.188. The summed E-state index contributed by atoms with van der Waals surface area (Å²) in [5, 5.41) is 16.3. The van der Waals surface area contributed by atoms with E-state index in [0.717, 1.165) is 16.8 Å². The van der Waals surface area contributed by atoms with Gasteiger partial charge in [0.05, 0.1) is 0 Å². The van der Waals surface area contributed by atoms with E-state index in [1.54, 1.807) is 36.4 Å². The van der Waals surface area contributed by atoms with Gasteiger partial charge in [0.25, 0.3) is 0 Å². The molecule has 2 aromatic carbocycles. The highest BCUT2D eigenvalue weighted by molar-refractivity contribution is 6.31. The Bertz CT molecular complexity index is 702. The van der Waals surface area contributed by atoms with E-state index >= 15 is 0 Å². The van der Waals surface area contributed by atoms with Crippen molar-refractivity contribution in [1.82, 2.24) is 5.32 Å². The number of phenolic OH excluding ortho intramolecular Hbond substituents is 1. The van der Waals surface area contributed by atoms with Crippen LogP contribution in [0.1, 0.15) is 30.1 Å². The molecule has 0 saturated carbocycles. The Kier molecular flexibility index (Phi) is 3.57. The lowest BCUT2D eigenvalue weighted by atomic mass is 10.0. The number of anilines is 1. The maximum Gasteiger partial charge on any atom is 0.246 e. The van der Waals surface area contributed by atoms with Gasteiger partial charge in [-0.3, -0.25) is 10.1 Å². The van der Waals surface area contributed by atoms with Gasteiger partial charge in [-0.15, -0.1) is 0 Å².